The molecule has 0 saturated carbocycles. The summed E-state index contributed by atoms with van der Waals surface area (Å²) in [5.74, 6) is -2.34. The zero-order chi connectivity index (χ0) is 44.4. The number of nitrogens with one attached hydrogen (secondary N) is 6. The molecule has 1 rings (SSSR count). The summed E-state index contributed by atoms with van der Waals surface area (Å²) in [6.45, 7) is 9.96. The standard InChI is InChI=1S/C23H39N5O6S.C14H28N4O3/c1-14(2)20(21(32)26-16(15(3)29)9-8-11-25-23(24)34)27-18(30)10-6-5-7-12-28-19(31)13-17(35-4)22(28)33;1-5-16-12(9(2)3)13(20)18-11(10(4)19)7-6-8-17-14(15)21/h14,16-17,20H,5-13H2,1-4H3,(H,26,32)(H,27,30)(H3,24,25,34);9,11-12,16H,5-8H2,1-4H3,(H,18,20)(H3,15,17,21)/t16-,17?,20-;11-,12-/m00/s1/i3D;4D. The van der Waals surface area contributed by atoms with E-state index in [2.05, 4.69) is 31.9 Å². The number of ketones is 2. The first-order chi connectivity index (χ1) is 27.3. The Labute approximate surface area is 338 Å². The number of amides is 9. The van der Waals surface area contributed by atoms with Gasteiger partial charge in [-0.15, -0.1) is 0 Å². The average molecular weight is 816 g/mol. The largest absolute Gasteiger partial charge is 0.352 e. The van der Waals surface area contributed by atoms with Gasteiger partial charge in [0.1, 0.15) is 6.04 Å². The van der Waals surface area contributed by atoms with Crippen LogP contribution in [-0.4, -0.2) is 120 Å². The number of rotatable bonds is 26. The van der Waals surface area contributed by atoms with Crippen LogP contribution in [0.3, 0.4) is 0 Å². The summed E-state index contributed by atoms with van der Waals surface area (Å²) in [6.07, 6.45) is 5.46. The van der Waals surface area contributed by atoms with Crippen molar-refractivity contribution in [2.45, 2.75) is 136 Å². The Balaban J connectivity index is 0.00000127. The maximum atomic E-state index is 12.8. The van der Waals surface area contributed by atoms with Crippen molar-refractivity contribution in [3.05, 3.63) is 0 Å². The number of nitrogens with two attached hydrogens (primary N) is 2. The number of likely N-dealkylation sites (tertiary alicyclic amines) is 1. The summed E-state index contributed by atoms with van der Waals surface area (Å²) < 4.78 is 14.5. The summed E-state index contributed by atoms with van der Waals surface area (Å²) >= 11 is 1.37. The van der Waals surface area contributed by atoms with Crippen molar-refractivity contribution >= 4 is 64.9 Å². The third-order valence-electron chi connectivity index (χ3n) is 8.76. The molecule has 19 heteroatoms. The lowest BCUT2D eigenvalue weighted by Gasteiger charge is -2.24. The van der Waals surface area contributed by atoms with Crippen LogP contribution in [0.2, 0.25) is 0 Å². The van der Waals surface area contributed by atoms with Crippen LogP contribution in [-0.2, 0) is 33.6 Å². The van der Waals surface area contributed by atoms with Gasteiger partial charge in [0.05, 0.1) is 23.4 Å². The Morgan fingerprint density at radius 3 is 1.68 bits per heavy atom. The minimum absolute atomic E-state index is 0.0863. The predicted molar refractivity (Wildman–Crippen MR) is 215 cm³/mol. The number of likely N-dealkylation sites (N-methyl/N-ethyl adjacent to an activating group) is 1. The van der Waals surface area contributed by atoms with E-state index >= 15 is 0 Å². The van der Waals surface area contributed by atoms with Crippen LogP contribution in [0.4, 0.5) is 9.59 Å². The van der Waals surface area contributed by atoms with Crippen molar-refractivity contribution in [3.8, 4) is 0 Å². The summed E-state index contributed by atoms with van der Waals surface area (Å²) in [4.78, 5) is 108. The molecule has 9 amide bonds. The zero-order valence-corrected chi connectivity index (χ0v) is 34.6. The first-order valence-electron chi connectivity index (χ1n) is 20.5. The maximum Gasteiger partial charge on any atom is 0.312 e. The second-order valence-electron chi connectivity index (χ2n) is 14.1. The first kappa shape index (κ1) is 47.9. The van der Waals surface area contributed by atoms with Gasteiger partial charge in [0.25, 0.3) is 0 Å². The minimum Gasteiger partial charge on any atom is -0.352 e. The fourth-order valence-corrected chi connectivity index (χ4v) is 6.26. The summed E-state index contributed by atoms with van der Waals surface area (Å²) in [6, 6.07) is -4.16. The van der Waals surface area contributed by atoms with Gasteiger partial charge >= 0.3 is 12.1 Å². The molecule has 0 aromatic heterocycles. The Kier molecular flexibility index (Phi) is 24.1. The van der Waals surface area contributed by atoms with Gasteiger partial charge in [0.2, 0.25) is 29.5 Å². The fraction of sp³-hybridized carbons (Fsp3) is 0.757. The average Bonchev–Trinajstić information content (AvgIpc) is 3.44. The molecule has 5 atom stereocenters. The van der Waals surface area contributed by atoms with E-state index in [1.807, 2.05) is 20.8 Å². The molecule has 1 unspecified atom stereocenters. The molecule has 0 spiro atoms. The highest BCUT2D eigenvalue weighted by Crippen LogP contribution is 2.23. The van der Waals surface area contributed by atoms with Crippen LogP contribution in [0.5, 0.6) is 0 Å². The van der Waals surface area contributed by atoms with Gasteiger partial charge in [-0.2, -0.15) is 11.8 Å². The van der Waals surface area contributed by atoms with E-state index in [0.717, 1.165) is 0 Å². The molecule has 0 aromatic carbocycles. The van der Waals surface area contributed by atoms with E-state index in [0.29, 0.717) is 58.2 Å². The number of unbranched alkanes of at least 4 members (excludes halogenated alkanes) is 2. The molecule has 0 aromatic rings. The second-order valence-corrected chi connectivity index (χ2v) is 15.2. The van der Waals surface area contributed by atoms with Gasteiger partial charge in [0.15, 0.2) is 11.6 Å². The van der Waals surface area contributed by atoms with Crippen LogP contribution in [0.1, 0.15) is 109 Å². The number of thioether (sulfide) groups is 1. The molecule has 0 bridgehead atoms. The second kappa shape index (κ2) is 28.2. The summed E-state index contributed by atoms with van der Waals surface area (Å²) in [5.41, 5.74) is 9.97. The van der Waals surface area contributed by atoms with Crippen molar-refractivity contribution in [2.24, 2.45) is 23.3 Å². The molecule has 1 saturated heterocycles. The van der Waals surface area contributed by atoms with Crippen molar-refractivity contribution in [1.29, 1.82) is 0 Å². The Bertz CT molecular complexity index is 1380. The summed E-state index contributed by atoms with van der Waals surface area (Å²) in [5, 5.41) is 15.7. The number of hydrogen-bond acceptors (Lipinski definition) is 11. The van der Waals surface area contributed by atoms with Crippen molar-refractivity contribution < 1.29 is 45.9 Å². The monoisotopic (exact) mass is 815 g/mol. The van der Waals surface area contributed by atoms with E-state index < -0.39 is 48.8 Å². The predicted octanol–water partition coefficient (Wildman–Crippen LogP) is 0.843. The van der Waals surface area contributed by atoms with Crippen LogP contribution in [0.25, 0.3) is 0 Å². The number of imide groups is 1. The van der Waals surface area contributed by atoms with Crippen molar-refractivity contribution in [2.75, 3.05) is 32.4 Å². The lowest BCUT2D eigenvalue weighted by atomic mass is 10.0. The van der Waals surface area contributed by atoms with Crippen LogP contribution < -0.4 is 43.4 Å². The first-order valence-corrected chi connectivity index (χ1v) is 20.3. The van der Waals surface area contributed by atoms with Gasteiger partial charge in [-0.1, -0.05) is 41.0 Å². The molecule has 56 heavy (non-hydrogen) atoms. The van der Waals surface area contributed by atoms with Gasteiger partial charge in [-0.3, -0.25) is 38.5 Å². The number of hydrogen-bond donors (Lipinski definition) is 8. The minimum atomic E-state index is -0.899. The van der Waals surface area contributed by atoms with Gasteiger partial charge in [-0.05, 0) is 77.0 Å². The highest BCUT2D eigenvalue weighted by atomic mass is 32.2. The molecule has 320 valence electrons. The van der Waals surface area contributed by atoms with E-state index in [9.17, 15) is 43.2 Å². The van der Waals surface area contributed by atoms with E-state index in [4.69, 9.17) is 14.2 Å². The lowest BCUT2D eigenvalue weighted by Crippen LogP contribution is -2.53. The molecule has 10 N–H and O–H groups in total. The van der Waals surface area contributed by atoms with Gasteiger partial charge < -0.3 is 43.4 Å². The van der Waals surface area contributed by atoms with Crippen molar-refractivity contribution in [1.82, 2.24) is 36.8 Å². The highest BCUT2D eigenvalue weighted by Gasteiger charge is 2.37. The Morgan fingerprint density at radius 2 is 1.27 bits per heavy atom. The molecule has 0 aliphatic carbocycles. The third kappa shape index (κ3) is 21.2. The molecular formula is C37H67N9O9S. The van der Waals surface area contributed by atoms with Gasteiger partial charge in [0, 0.05) is 35.2 Å². The van der Waals surface area contributed by atoms with Crippen molar-refractivity contribution in [3.63, 3.8) is 0 Å². The smallest absolute Gasteiger partial charge is 0.312 e. The topological polar surface area (TPSA) is 281 Å². The van der Waals surface area contributed by atoms with Crippen LogP contribution in [0, 0.1) is 11.8 Å². The number of carbonyl (C=O) groups excluding carboxylic acids is 9. The number of nitrogens with zero attached hydrogens (tertiary/aromatic N) is 1. The lowest BCUT2D eigenvalue weighted by molar-refractivity contribution is -0.138. The fourth-order valence-electron chi connectivity index (χ4n) is 5.62. The molecule has 18 nitrogen and oxygen atoms in total. The number of carbonyl (C=O) groups is 9. The normalized spacial score (nSPS) is 16.4. The maximum absolute atomic E-state index is 12.8. The van der Waals surface area contributed by atoms with E-state index in [-0.39, 0.29) is 85.2 Å². The Hall–Kier alpha value is -4.26. The molecule has 1 heterocycles. The van der Waals surface area contributed by atoms with Crippen LogP contribution >= 0.6 is 11.8 Å². The zero-order valence-electron chi connectivity index (χ0n) is 35.8. The van der Waals surface area contributed by atoms with E-state index in [1.54, 1.807) is 20.1 Å². The highest BCUT2D eigenvalue weighted by molar-refractivity contribution is 8.00. The number of urea groups is 2. The SMILES string of the molecule is [2H]CC(=O)[C@H](CCCNC(N)=O)NC(=O)[C@@H](NC(=O)CCCCCN1C(=O)CC(SC)C1=O)C(C)C.[2H]CC(=O)[C@H](CCCNC(N)=O)NC(=O)[C@@H](NCC)C(C)C. The molecule has 1 fully saturated rings. The summed E-state index contributed by atoms with van der Waals surface area (Å²) in [7, 11) is 0. The van der Waals surface area contributed by atoms with Gasteiger partial charge in [-0.25, -0.2) is 9.59 Å². The molecule has 1 aliphatic rings. The molecule has 1 aliphatic heterocycles. The van der Waals surface area contributed by atoms with E-state index in [1.165, 1.54) is 16.7 Å². The Morgan fingerprint density at radius 1 is 0.768 bits per heavy atom. The molecule has 0 radical (unpaired) electrons. The van der Waals surface area contributed by atoms with Crippen LogP contribution in [0.15, 0.2) is 0 Å². The number of primary amides is 2. The molecular weight excluding hydrogens is 747 g/mol. The quantitative estimate of drug-likeness (QED) is 0.0448. The number of Topliss-reactive ketones (excluding diaryl/α,β-unsaturated/α-hetero) is 2. The third-order valence-corrected chi connectivity index (χ3v) is 9.70.